The maximum atomic E-state index is 11.7. The Labute approximate surface area is 158 Å². The first kappa shape index (κ1) is 19.9. The van der Waals surface area contributed by atoms with Crippen LogP contribution in [0.3, 0.4) is 0 Å². The van der Waals surface area contributed by atoms with Gasteiger partial charge in [-0.25, -0.2) is 13.4 Å². The third-order valence-electron chi connectivity index (χ3n) is 4.49. The van der Waals surface area contributed by atoms with Crippen LogP contribution in [0.5, 0.6) is 0 Å². The van der Waals surface area contributed by atoms with Gasteiger partial charge in [0.1, 0.15) is 0 Å². The van der Waals surface area contributed by atoms with Crippen LogP contribution in [0.1, 0.15) is 21.7 Å². The van der Waals surface area contributed by atoms with Gasteiger partial charge in [-0.05, 0) is 48.7 Å². The molecule has 0 aliphatic rings. The summed E-state index contributed by atoms with van der Waals surface area (Å²) in [4.78, 5) is 16.3. The largest absolute Gasteiger partial charge is 0.363 e. The lowest BCUT2D eigenvalue weighted by Crippen LogP contribution is -2.16. The number of aryl methyl sites for hydroxylation is 2. The molecule has 26 heavy (non-hydrogen) atoms. The van der Waals surface area contributed by atoms with E-state index >= 15 is 0 Å². The van der Waals surface area contributed by atoms with Crippen molar-refractivity contribution in [3.63, 3.8) is 0 Å². The summed E-state index contributed by atoms with van der Waals surface area (Å²) in [6.07, 6.45) is 1.18. The van der Waals surface area contributed by atoms with Gasteiger partial charge >= 0.3 is 0 Å². The average Bonchev–Trinajstić information content (AvgIpc) is 2.85. The SMILES string of the molecule is Cc1cc2c(nc(C(N)=O)n2C)c(-c2ccc(S(C)(=O)=O)cc2)c1C.Cl. The second-order valence-electron chi connectivity index (χ2n) is 6.22. The first-order valence-electron chi connectivity index (χ1n) is 7.68. The number of aromatic nitrogens is 2. The van der Waals surface area contributed by atoms with E-state index in [0.29, 0.717) is 5.52 Å². The Morgan fingerprint density at radius 2 is 1.73 bits per heavy atom. The van der Waals surface area contributed by atoms with Gasteiger partial charge in [-0.1, -0.05) is 12.1 Å². The van der Waals surface area contributed by atoms with Crippen molar-refractivity contribution in [2.75, 3.05) is 6.26 Å². The highest BCUT2D eigenvalue weighted by Gasteiger charge is 2.19. The maximum absolute atomic E-state index is 11.7. The molecular formula is C18H20ClN3O3S. The van der Waals surface area contributed by atoms with E-state index < -0.39 is 15.7 Å². The maximum Gasteiger partial charge on any atom is 0.284 e. The zero-order chi connectivity index (χ0) is 18.5. The lowest BCUT2D eigenvalue weighted by atomic mass is 9.95. The van der Waals surface area contributed by atoms with Crippen molar-refractivity contribution in [2.45, 2.75) is 18.7 Å². The molecule has 1 amide bonds. The van der Waals surface area contributed by atoms with Crippen LogP contribution in [-0.2, 0) is 16.9 Å². The van der Waals surface area contributed by atoms with Gasteiger partial charge in [0.05, 0.1) is 15.9 Å². The molecule has 0 saturated carbocycles. The van der Waals surface area contributed by atoms with E-state index in [2.05, 4.69) is 4.98 Å². The summed E-state index contributed by atoms with van der Waals surface area (Å²) in [7, 11) is -1.51. The number of sulfone groups is 1. The van der Waals surface area contributed by atoms with Crippen LogP contribution in [0.2, 0.25) is 0 Å². The molecule has 1 heterocycles. The number of hydrogen-bond acceptors (Lipinski definition) is 4. The fourth-order valence-corrected chi connectivity index (χ4v) is 3.62. The standard InChI is InChI=1S/C18H19N3O3S.ClH/c1-10-9-14-16(20-18(17(19)22)21(14)3)15(11(10)2)12-5-7-13(8-6-12)25(4,23)24;/h5-9H,1-4H3,(H2,19,22);1H. The third kappa shape index (κ3) is 3.20. The monoisotopic (exact) mass is 393 g/mol. The molecule has 8 heteroatoms. The van der Waals surface area contributed by atoms with E-state index in [0.717, 1.165) is 27.8 Å². The highest BCUT2D eigenvalue weighted by Crippen LogP contribution is 2.34. The van der Waals surface area contributed by atoms with Gasteiger partial charge in [0.15, 0.2) is 15.7 Å². The molecule has 1 aromatic heterocycles. The molecule has 0 atom stereocenters. The Balaban J connectivity index is 0.00000243. The van der Waals surface area contributed by atoms with Gasteiger partial charge < -0.3 is 10.3 Å². The van der Waals surface area contributed by atoms with Crippen molar-refractivity contribution in [1.29, 1.82) is 0 Å². The Kier molecular flexibility index (Phi) is 5.17. The lowest BCUT2D eigenvalue weighted by molar-refractivity contribution is 0.0988. The molecule has 0 unspecified atom stereocenters. The van der Waals surface area contributed by atoms with Crippen LogP contribution in [0.25, 0.3) is 22.2 Å². The predicted molar refractivity (Wildman–Crippen MR) is 104 cm³/mol. The molecule has 3 rings (SSSR count). The number of rotatable bonds is 3. The molecule has 0 fully saturated rings. The Morgan fingerprint density at radius 3 is 2.23 bits per heavy atom. The molecule has 138 valence electrons. The molecule has 2 N–H and O–H groups in total. The van der Waals surface area contributed by atoms with Crippen molar-refractivity contribution in [3.05, 3.63) is 47.3 Å². The summed E-state index contributed by atoms with van der Waals surface area (Å²) in [5, 5.41) is 0. The molecule has 0 spiro atoms. The second-order valence-corrected chi connectivity index (χ2v) is 8.23. The van der Waals surface area contributed by atoms with E-state index in [1.54, 1.807) is 35.9 Å². The number of carbonyl (C=O) groups excluding carboxylic acids is 1. The fraction of sp³-hybridized carbons (Fsp3) is 0.222. The minimum atomic E-state index is -3.26. The van der Waals surface area contributed by atoms with E-state index in [4.69, 9.17) is 5.73 Å². The summed E-state index contributed by atoms with van der Waals surface area (Å²) >= 11 is 0. The lowest BCUT2D eigenvalue weighted by Gasteiger charge is -2.11. The van der Waals surface area contributed by atoms with Crippen molar-refractivity contribution >= 4 is 39.2 Å². The Bertz CT molecular complexity index is 1120. The second kappa shape index (κ2) is 6.74. The van der Waals surface area contributed by atoms with Gasteiger partial charge in [0, 0.05) is 18.9 Å². The summed E-state index contributed by atoms with van der Waals surface area (Å²) in [6.45, 7) is 3.97. The smallest absolute Gasteiger partial charge is 0.284 e. The minimum absolute atomic E-state index is 0. The highest BCUT2D eigenvalue weighted by atomic mass is 35.5. The third-order valence-corrected chi connectivity index (χ3v) is 5.62. The van der Waals surface area contributed by atoms with Gasteiger partial charge in [-0.15, -0.1) is 12.4 Å². The molecule has 2 aromatic carbocycles. The van der Waals surface area contributed by atoms with Gasteiger partial charge in [-0.2, -0.15) is 0 Å². The number of imidazole rings is 1. The molecule has 0 aliphatic carbocycles. The fourth-order valence-electron chi connectivity index (χ4n) is 2.99. The summed E-state index contributed by atoms with van der Waals surface area (Å²) in [5.74, 6) is -0.401. The Hall–Kier alpha value is -2.38. The van der Waals surface area contributed by atoms with E-state index in [-0.39, 0.29) is 23.1 Å². The van der Waals surface area contributed by atoms with Crippen LogP contribution < -0.4 is 5.73 Å². The van der Waals surface area contributed by atoms with Crippen LogP contribution in [-0.4, -0.2) is 30.1 Å². The molecule has 0 aliphatic heterocycles. The van der Waals surface area contributed by atoms with E-state index in [9.17, 15) is 13.2 Å². The normalized spacial score (nSPS) is 11.4. The van der Waals surface area contributed by atoms with Crippen molar-refractivity contribution < 1.29 is 13.2 Å². The van der Waals surface area contributed by atoms with Crippen LogP contribution >= 0.6 is 12.4 Å². The van der Waals surface area contributed by atoms with Crippen molar-refractivity contribution in [1.82, 2.24) is 9.55 Å². The topological polar surface area (TPSA) is 95.0 Å². The van der Waals surface area contributed by atoms with Gasteiger partial charge in [0.25, 0.3) is 5.91 Å². The van der Waals surface area contributed by atoms with Crippen LogP contribution in [0.4, 0.5) is 0 Å². The molecule has 0 radical (unpaired) electrons. The average molecular weight is 394 g/mol. The summed E-state index contributed by atoms with van der Waals surface area (Å²) in [5.41, 5.74) is 10.7. The molecule has 0 saturated heterocycles. The summed E-state index contributed by atoms with van der Waals surface area (Å²) < 4.78 is 25.0. The zero-order valence-electron chi connectivity index (χ0n) is 14.9. The van der Waals surface area contributed by atoms with E-state index in [1.807, 2.05) is 19.9 Å². The number of primary amides is 1. The number of nitrogens with zero attached hydrogens (tertiary/aromatic N) is 2. The van der Waals surface area contributed by atoms with Crippen LogP contribution in [0, 0.1) is 13.8 Å². The number of halogens is 1. The molecular weight excluding hydrogens is 374 g/mol. The first-order valence-corrected chi connectivity index (χ1v) is 9.57. The van der Waals surface area contributed by atoms with Gasteiger partial charge in [0.2, 0.25) is 0 Å². The number of nitrogens with two attached hydrogens (primary N) is 1. The highest BCUT2D eigenvalue weighted by molar-refractivity contribution is 7.90. The Morgan fingerprint density at radius 1 is 1.15 bits per heavy atom. The number of carbonyl (C=O) groups is 1. The molecule has 0 bridgehead atoms. The molecule has 6 nitrogen and oxygen atoms in total. The zero-order valence-corrected chi connectivity index (χ0v) is 16.5. The first-order chi connectivity index (χ1) is 11.6. The van der Waals surface area contributed by atoms with Crippen molar-refractivity contribution in [3.8, 4) is 11.1 Å². The number of fused-ring (bicyclic) bond motifs is 1. The van der Waals surface area contributed by atoms with Gasteiger partial charge in [-0.3, -0.25) is 4.79 Å². The van der Waals surface area contributed by atoms with E-state index in [1.165, 1.54) is 6.26 Å². The number of hydrogen-bond donors (Lipinski definition) is 1. The summed E-state index contributed by atoms with van der Waals surface area (Å²) in [6, 6.07) is 8.65. The van der Waals surface area contributed by atoms with Crippen molar-refractivity contribution in [2.24, 2.45) is 12.8 Å². The van der Waals surface area contributed by atoms with Crippen LogP contribution in [0.15, 0.2) is 35.2 Å². The quantitative estimate of drug-likeness (QED) is 0.740. The number of amides is 1. The molecule has 3 aromatic rings. The minimum Gasteiger partial charge on any atom is -0.363 e. The predicted octanol–water partition coefficient (Wildman–Crippen LogP) is 2.78. The number of benzene rings is 2.